The normalized spacial score (nSPS) is 18.4. The molecule has 0 aromatic heterocycles. The van der Waals surface area contributed by atoms with Crippen molar-refractivity contribution in [2.45, 2.75) is 52.1 Å². The standard InChI is InChI=1S/C19H30N2O2/c1-14(2)17-10-7-8-15(3)19(17)20-18(22)13-21(4)12-16-9-5-6-11-23-16/h7-8,10,14,16H,5-6,9,11-13H2,1-4H3,(H,20,22)/t16-/m0/s1. The minimum Gasteiger partial charge on any atom is -0.377 e. The molecule has 0 aliphatic carbocycles. The Morgan fingerprint density at radius 2 is 2.17 bits per heavy atom. The SMILES string of the molecule is Cc1cccc(C(C)C)c1NC(=O)CN(C)C[C@@H]1CCCCO1. The molecule has 1 fully saturated rings. The van der Waals surface area contributed by atoms with Gasteiger partial charge in [-0.2, -0.15) is 0 Å². The van der Waals surface area contributed by atoms with Gasteiger partial charge in [0.2, 0.25) is 5.91 Å². The molecule has 23 heavy (non-hydrogen) atoms. The average molecular weight is 318 g/mol. The smallest absolute Gasteiger partial charge is 0.238 e. The van der Waals surface area contributed by atoms with Crippen LogP contribution in [0.1, 0.15) is 50.2 Å². The van der Waals surface area contributed by atoms with E-state index < -0.39 is 0 Å². The third kappa shape index (κ3) is 5.33. The number of hydrogen-bond acceptors (Lipinski definition) is 3. The molecule has 1 aromatic carbocycles. The summed E-state index contributed by atoms with van der Waals surface area (Å²) >= 11 is 0. The van der Waals surface area contributed by atoms with E-state index in [1.165, 1.54) is 12.0 Å². The highest BCUT2D eigenvalue weighted by Gasteiger charge is 2.18. The van der Waals surface area contributed by atoms with Crippen molar-refractivity contribution < 1.29 is 9.53 Å². The molecule has 0 bridgehead atoms. The van der Waals surface area contributed by atoms with Gasteiger partial charge in [0.05, 0.1) is 12.6 Å². The number of para-hydroxylation sites is 1. The van der Waals surface area contributed by atoms with Crippen molar-refractivity contribution in [2.75, 3.05) is 32.1 Å². The fourth-order valence-electron chi connectivity index (χ4n) is 3.13. The third-order valence-corrected chi connectivity index (χ3v) is 4.39. The van der Waals surface area contributed by atoms with Gasteiger partial charge in [-0.05, 0) is 50.3 Å². The van der Waals surface area contributed by atoms with Gasteiger partial charge in [-0.3, -0.25) is 9.69 Å². The maximum absolute atomic E-state index is 12.4. The monoisotopic (exact) mass is 318 g/mol. The molecule has 0 spiro atoms. The summed E-state index contributed by atoms with van der Waals surface area (Å²) in [6, 6.07) is 6.18. The van der Waals surface area contributed by atoms with E-state index in [2.05, 4.69) is 30.1 Å². The lowest BCUT2D eigenvalue weighted by molar-refractivity contribution is -0.117. The van der Waals surface area contributed by atoms with Crippen molar-refractivity contribution in [2.24, 2.45) is 0 Å². The van der Waals surface area contributed by atoms with Crippen molar-refractivity contribution in [3.63, 3.8) is 0 Å². The van der Waals surface area contributed by atoms with E-state index in [0.717, 1.165) is 37.2 Å². The predicted octanol–water partition coefficient (Wildman–Crippen LogP) is 3.56. The second kappa shape index (κ2) is 8.46. The summed E-state index contributed by atoms with van der Waals surface area (Å²) in [4.78, 5) is 14.5. The second-order valence-corrected chi connectivity index (χ2v) is 6.93. The van der Waals surface area contributed by atoms with Crippen LogP contribution in [0.4, 0.5) is 5.69 Å². The maximum atomic E-state index is 12.4. The van der Waals surface area contributed by atoms with Gasteiger partial charge in [-0.25, -0.2) is 0 Å². The molecular weight excluding hydrogens is 288 g/mol. The number of carbonyl (C=O) groups is 1. The molecule has 1 aliphatic heterocycles. The summed E-state index contributed by atoms with van der Waals surface area (Å²) in [6.07, 6.45) is 3.75. The van der Waals surface area contributed by atoms with Gasteiger partial charge in [0.1, 0.15) is 0 Å². The summed E-state index contributed by atoms with van der Waals surface area (Å²) in [5.41, 5.74) is 3.27. The summed E-state index contributed by atoms with van der Waals surface area (Å²) in [5, 5.41) is 3.11. The Morgan fingerprint density at radius 3 is 2.83 bits per heavy atom. The quantitative estimate of drug-likeness (QED) is 0.872. The molecule has 1 N–H and O–H groups in total. The van der Waals surface area contributed by atoms with Crippen molar-refractivity contribution >= 4 is 11.6 Å². The predicted molar refractivity (Wildman–Crippen MR) is 95.0 cm³/mol. The average Bonchev–Trinajstić information content (AvgIpc) is 2.49. The molecule has 1 aromatic rings. The Balaban J connectivity index is 1.91. The Hall–Kier alpha value is -1.39. The Bertz CT molecular complexity index is 522. The lowest BCUT2D eigenvalue weighted by Gasteiger charge is -2.27. The van der Waals surface area contributed by atoms with Crippen LogP contribution in [-0.4, -0.2) is 43.7 Å². The molecule has 4 heteroatoms. The number of carbonyl (C=O) groups excluding carboxylic acids is 1. The van der Waals surface area contributed by atoms with Gasteiger partial charge < -0.3 is 10.1 Å². The fourth-order valence-corrected chi connectivity index (χ4v) is 3.13. The first kappa shape index (κ1) is 18.0. The Labute approximate surface area is 140 Å². The van der Waals surface area contributed by atoms with E-state index in [9.17, 15) is 4.79 Å². The van der Waals surface area contributed by atoms with Crippen LogP contribution in [0.25, 0.3) is 0 Å². The van der Waals surface area contributed by atoms with Crippen LogP contribution in [0.15, 0.2) is 18.2 Å². The van der Waals surface area contributed by atoms with Crippen molar-refractivity contribution in [1.82, 2.24) is 4.90 Å². The maximum Gasteiger partial charge on any atom is 0.238 e. The molecular formula is C19H30N2O2. The van der Waals surface area contributed by atoms with Crippen LogP contribution >= 0.6 is 0 Å². The zero-order chi connectivity index (χ0) is 16.8. The first-order valence-corrected chi connectivity index (χ1v) is 8.67. The third-order valence-electron chi connectivity index (χ3n) is 4.39. The molecule has 1 aliphatic rings. The highest BCUT2D eigenvalue weighted by Crippen LogP contribution is 2.27. The molecule has 4 nitrogen and oxygen atoms in total. The van der Waals surface area contributed by atoms with Gasteiger partial charge in [-0.1, -0.05) is 32.0 Å². The molecule has 128 valence electrons. The number of nitrogens with one attached hydrogen (secondary N) is 1. The van der Waals surface area contributed by atoms with E-state index in [0.29, 0.717) is 12.5 Å². The highest BCUT2D eigenvalue weighted by atomic mass is 16.5. The molecule has 1 amide bonds. The van der Waals surface area contributed by atoms with Gasteiger partial charge >= 0.3 is 0 Å². The summed E-state index contributed by atoms with van der Waals surface area (Å²) in [6.45, 7) is 8.41. The number of ether oxygens (including phenoxy) is 1. The second-order valence-electron chi connectivity index (χ2n) is 6.93. The van der Waals surface area contributed by atoms with E-state index in [4.69, 9.17) is 4.74 Å². The molecule has 2 rings (SSSR count). The Morgan fingerprint density at radius 1 is 1.39 bits per heavy atom. The van der Waals surface area contributed by atoms with Gasteiger partial charge in [-0.15, -0.1) is 0 Å². The number of benzene rings is 1. The fraction of sp³-hybridized carbons (Fsp3) is 0.632. The van der Waals surface area contributed by atoms with E-state index in [1.54, 1.807) is 0 Å². The van der Waals surface area contributed by atoms with E-state index in [-0.39, 0.29) is 12.0 Å². The number of likely N-dealkylation sites (N-methyl/N-ethyl adjacent to an activating group) is 1. The minimum atomic E-state index is 0.0412. The van der Waals surface area contributed by atoms with Crippen LogP contribution in [0.2, 0.25) is 0 Å². The summed E-state index contributed by atoms with van der Waals surface area (Å²) in [5.74, 6) is 0.429. The lowest BCUT2D eigenvalue weighted by Crippen LogP contribution is -2.38. The zero-order valence-corrected chi connectivity index (χ0v) is 14.9. The molecule has 1 saturated heterocycles. The highest BCUT2D eigenvalue weighted by molar-refractivity contribution is 5.93. The molecule has 1 heterocycles. The molecule has 0 radical (unpaired) electrons. The lowest BCUT2D eigenvalue weighted by atomic mass is 9.98. The topological polar surface area (TPSA) is 41.6 Å². The van der Waals surface area contributed by atoms with Crippen LogP contribution < -0.4 is 5.32 Å². The zero-order valence-electron chi connectivity index (χ0n) is 14.9. The summed E-state index contributed by atoms with van der Waals surface area (Å²) in [7, 11) is 1.98. The number of anilines is 1. The first-order valence-electron chi connectivity index (χ1n) is 8.67. The van der Waals surface area contributed by atoms with Crippen molar-refractivity contribution in [3.05, 3.63) is 29.3 Å². The van der Waals surface area contributed by atoms with Gasteiger partial charge in [0.25, 0.3) is 0 Å². The van der Waals surface area contributed by atoms with Crippen LogP contribution in [-0.2, 0) is 9.53 Å². The van der Waals surface area contributed by atoms with E-state index >= 15 is 0 Å². The van der Waals surface area contributed by atoms with Crippen LogP contribution in [0, 0.1) is 6.92 Å². The van der Waals surface area contributed by atoms with Crippen molar-refractivity contribution in [1.29, 1.82) is 0 Å². The van der Waals surface area contributed by atoms with E-state index in [1.807, 2.05) is 26.1 Å². The van der Waals surface area contributed by atoms with Crippen molar-refractivity contribution in [3.8, 4) is 0 Å². The number of amides is 1. The number of rotatable bonds is 6. The molecule has 1 atom stereocenters. The number of nitrogens with zero attached hydrogens (tertiary/aromatic N) is 1. The Kier molecular flexibility index (Phi) is 6.60. The molecule has 0 unspecified atom stereocenters. The van der Waals surface area contributed by atoms with Gasteiger partial charge in [0, 0.05) is 18.8 Å². The summed E-state index contributed by atoms with van der Waals surface area (Å²) < 4.78 is 5.74. The molecule has 0 saturated carbocycles. The minimum absolute atomic E-state index is 0.0412. The van der Waals surface area contributed by atoms with Crippen LogP contribution in [0.5, 0.6) is 0 Å². The van der Waals surface area contributed by atoms with Crippen LogP contribution in [0.3, 0.4) is 0 Å². The number of hydrogen-bond donors (Lipinski definition) is 1. The first-order chi connectivity index (χ1) is 11.0. The van der Waals surface area contributed by atoms with Gasteiger partial charge in [0.15, 0.2) is 0 Å². The number of aryl methyl sites for hydroxylation is 1. The largest absolute Gasteiger partial charge is 0.377 e.